The van der Waals surface area contributed by atoms with Gasteiger partial charge in [0.05, 0.1) is 5.69 Å². The number of carbonyl (C=O) groups is 2. The molecule has 3 aromatic rings. The quantitative estimate of drug-likeness (QED) is 0.790. The van der Waals surface area contributed by atoms with Crippen molar-refractivity contribution in [1.82, 2.24) is 14.7 Å². The van der Waals surface area contributed by atoms with E-state index in [2.05, 4.69) is 5.10 Å². The summed E-state index contributed by atoms with van der Waals surface area (Å²) >= 11 is 0. The topological polar surface area (TPSA) is 75.4 Å². The molecule has 1 N–H and O–H groups in total. The van der Waals surface area contributed by atoms with E-state index in [1.165, 1.54) is 4.90 Å². The number of hydrogen-bond donors (Lipinski definition) is 1. The molecule has 0 radical (unpaired) electrons. The Morgan fingerprint density at radius 2 is 1.85 bits per heavy atom. The molecule has 0 fully saturated rings. The molecule has 1 atom stereocenters. The third-order valence-corrected chi connectivity index (χ3v) is 4.66. The second-order valence-corrected chi connectivity index (χ2v) is 6.26. The van der Waals surface area contributed by atoms with Crippen molar-refractivity contribution in [2.24, 2.45) is 0 Å². The summed E-state index contributed by atoms with van der Waals surface area (Å²) in [7, 11) is 0. The standard InChI is InChI=1S/C20H17N3O3/c24-19(15-7-3-8-17(11-15)23-10-4-9-21-23)22-13-16-6-2-1-5-14(16)12-18(22)20(25)26/h1-11,18H,12-13H2,(H,25,26)/t18-/m0/s1. The lowest BCUT2D eigenvalue weighted by Gasteiger charge is -2.34. The lowest BCUT2D eigenvalue weighted by molar-refractivity contribution is -0.142. The average Bonchev–Trinajstić information content (AvgIpc) is 3.21. The first kappa shape index (κ1) is 16.1. The zero-order valence-electron chi connectivity index (χ0n) is 13.9. The van der Waals surface area contributed by atoms with E-state index >= 15 is 0 Å². The Balaban J connectivity index is 1.68. The molecule has 130 valence electrons. The van der Waals surface area contributed by atoms with Gasteiger partial charge in [-0.25, -0.2) is 9.48 Å². The number of benzene rings is 2. The van der Waals surface area contributed by atoms with Crippen LogP contribution in [0.1, 0.15) is 21.5 Å². The first-order valence-electron chi connectivity index (χ1n) is 8.34. The molecule has 0 unspecified atom stereocenters. The van der Waals surface area contributed by atoms with Gasteiger partial charge in [-0.2, -0.15) is 5.10 Å². The zero-order chi connectivity index (χ0) is 18.1. The minimum absolute atomic E-state index is 0.290. The van der Waals surface area contributed by atoms with E-state index in [-0.39, 0.29) is 12.5 Å². The van der Waals surface area contributed by atoms with Crippen molar-refractivity contribution in [3.05, 3.63) is 83.7 Å². The monoisotopic (exact) mass is 347 g/mol. The van der Waals surface area contributed by atoms with Crippen LogP contribution >= 0.6 is 0 Å². The van der Waals surface area contributed by atoms with Crippen LogP contribution in [0.25, 0.3) is 5.69 Å². The van der Waals surface area contributed by atoms with Crippen molar-refractivity contribution in [3.63, 3.8) is 0 Å². The van der Waals surface area contributed by atoms with Crippen LogP contribution in [0.4, 0.5) is 0 Å². The van der Waals surface area contributed by atoms with Gasteiger partial charge in [-0.05, 0) is 35.4 Å². The average molecular weight is 347 g/mol. The summed E-state index contributed by atoms with van der Waals surface area (Å²) in [5.41, 5.74) is 3.17. The first-order valence-corrected chi connectivity index (χ1v) is 8.34. The van der Waals surface area contributed by atoms with Gasteiger partial charge in [-0.3, -0.25) is 4.79 Å². The fraction of sp³-hybridized carbons (Fsp3) is 0.150. The fourth-order valence-corrected chi connectivity index (χ4v) is 3.33. The molecule has 1 amide bonds. The van der Waals surface area contributed by atoms with Crippen LogP contribution in [0.3, 0.4) is 0 Å². The van der Waals surface area contributed by atoms with Gasteiger partial charge in [0.2, 0.25) is 0 Å². The minimum Gasteiger partial charge on any atom is -0.480 e. The molecule has 0 spiro atoms. The smallest absolute Gasteiger partial charge is 0.326 e. The maximum absolute atomic E-state index is 13.1. The van der Waals surface area contributed by atoms with E-state index in [9.17, 15) is 14.7 Å². The van der Waals surface area contributed by atoms with Gasteiger partial charge in [0.1, 0.15) is 6.04 Å². The van der Waals surface area contributed by atoms with E-state index < -0.39 is 12.0 Å². The lowest BCUT2D eigenvalue weighted by atomic mass is 9.93. The summed E-state index contributed by atoms with van der Waals surface area (Å²) in [6.45, 7) is 0.290. The van der Waals surface area contributed by atoms with Crippen LogP contribution in [-0.2, 0) is 17.8 Å². The highest BCUT2D eigenvalue weighted by Crippen LogP contribution is 2.25. The highest BCUT2D eigenvalue weighted by atomic mass is 16.4. The summed E-state index contributed by atoms with van der Waals surface area (Å²) in [6, 6.07) is 15.6. The van der Waals surface area contributed by atoms with Crippen LogP contribution < -0.4 is 0 Å². The molecule has 4 rings (SSSR count). The maximum atomic E-state index is 13.1. The Kier molecular flexibility index (Phi) is 4.01. The summed E-state index contributed by atoms with van der Waals surface area (Å²) < 4.78 is 1.66. The lowest BCUT2D eigenvalue weighted by Crippen LogP contribution is -2.48. The highest BCUT2D eigenvalue weighted by Gasteiger charge is 2.34. The van der Waals surface area contributed by atoms with Gasteiger partial charge in [-0.1, -0.05) is 30.3 Å². The number of fused-ring (bicyclic) bond motifs is 1. The molecule has 6 nitrogen and oxygen atoms in total. The molecule has 2 heterocycles. The van der Waals surface area contributed by atoms with Crippen LogP contribution in [0.15, 0.2) is 67.0 Å². The van der Waals surface area contributed by atoms with Gasteiger partial charge >= 0.3 is 5.97 Å². The van der Waals surface area contributed by atoms with Crippen molar-refractivity contribution in [2.45, 2.75) is 19.0 Å². The van der Waals surface area contributed by atoms with Crippen molar-refractivity contribution >= 4 is 11.9 Å². The van der Waals surface area contributed by atoms with Crippen molar-refractivity contribution < 1.29 is 14.7 Å². The Bertz CT molecular complexity index is 966. The second kappa shape index (κ2) is 6.48. The van der Waals surface area contributed by atoms with E-state index in [0.717, 1.165) is 16.8 Å². The van der Waals surface area contributed by atoms with Crippen molar-refractivity contribution in [2.75, 3.05) is 0 Å². The Labute approximate surface area is 150 Å². The molecular weight excluding hydrogens is 330 g/mol. The summed E-state index contributed by atoms with van der Waals surface area (Å²) in [4.78, 5) is 26.3. The SMILES string of the molecule is O=C(O)[C@@H]1Cc2ccccc2CN1C(=O)c1cccc(-n2cccn2)c1. The van der Waals surface area contributed by atoms with Crippen LogP contribution in [-0.4, -0.2) is 37.7 Å². The molecule has 0 bridgehead atoms. The minimum atomic E-state index is -0.990. The van der Waals surface area contributed by atoms with Crippen LogP contribution in [0.2, 0.25) is 0 Å². The second-order valence-electron chi connectivity index (χ2n) is 6.26. The molecule has 1 aromatic heterocycles. The number of rotatable bonds is 3. The summed E-state index contributed by atoms with van der Waals surface area (Å²) in [5, 5.41) is 13.8. The predicted molar refractivity (Wildman–Crippen MR) is 95.0 cm³/mol. The number of aliphatic carboxylic acids is 1. The fourth-order valence-electron chi connectivity index (χ4n) is 3.33. The number of amides is 1. The Hall–Kier alpha value is -3.41. The van der Waals surface area contributed by atoms with Gasteiger partial charge in [0, 0.05) is 30.9 Å². The van der Waals surface area contributed by atoms with E-state index in [1.54, 1.807) is 41.3 Å². The van der Waals surface area contributed by atoms with E-state index in [4.69, 9.17) is 0 Å². The molecule has 6 heteroatoms. The molecule has 26 heavy (non-hydrogen) atoms. The molecule has 2 aromatic carbocycles. The van der Waals surface area contributed by atoms with Crippen molar-refractivity contribution in [3.8, 4) is 5.69 Å². The number of aromatic nitrogens is 2. The van der Waals surface area contributed by atoms with Crippen LogP contribution in [0.5, 0.6) is 0 Å². The van der Waals surface area contributed by atoms with Crippen LogP contribution in [0, 0.1) is 0 Å². The summed E-state index contributed by atoms with van der Waals surface area (Å²) in [5.74, 6) is -1.28. The number of carboxylic acid groups (broad SMARTS) is 1. The van der Waals surface area contributed by atoms with E-state index in [0.29, 0.717) is 12.0 Å². The molecule has 0 saturated heterocycles. The summed E-state index contributed by atoms with van der Waals surface area (Å²) in [6.07, 6.45) is 3.77. The Morgan fingerprint density at radius 3 is 2.58 bits per heavy atom. The molecule has 0 saturated carbocycles. The number of carbonyl (C=O) groups excluding carboxylic acids is 1. The molecule has 0 aliphatic carbocycles. The first-order chi connectivity index (χ1) is 12.6. The third kappa shape index (κ3) is 2.86. The number of nitrogens with zero attached hydrogens (tertiary/aromatic N) is 3. The van der Waals surface area contributed by atoms with Crippen molar-refractivity contribution in [1.29, 1.82) is 0 Å². The highest BCUT2D eigenvalue weighted by molar-refractivity contribution is 5.97. The Morgan fingerprint density at radius 1 is 1.04 bits per heavy atom. The number of carboxylic acids is 1. The normalized spacial score (nSPS) is 16.2. The van der Waals surface area contributed by atoms with Gasteiger partial charge in [0.25, 0.3) is 5.91 Å². The zero-order valence-corrected chi connectivity index (χ0v) is 13.9. The third-order valence-electron chi connectivity index (χ3n) is 4.66. The maximum Gasteiger partial charge on any atom is 0.326 e. The van der Waals surface area contributed by atoms with Gasteiger partial charge in [0.15, 0.2) is 0 Å². The van der Waals surface area contributed by atoms with Gasteiger partial charge < -0.3 is 10.0 Å². The van der Waals surface area contributed by atoms with E-state index in [1.807, 2.05) is 30.3 Å². The molecule has 1 aliphatic heterocycles. The molecular formula is C20H17N3O3. The number of hydrogen-bond acceptors (Lipinski definition) is 3. The van der Waals surface area contributed by atoms with Gasteiger partial charge in [-0.15, -0.1) is 0 Å². The molecule has 1 aliphatic rings. The predicted octanol–water partition coefficient (Wildman–Crippen LogP) is 2.52. The largest absolute Gasteiger partial charge is 0.480 e.